The Morgan fingerprint density at radius 2 is 1.33 bits per heavy atom. The van der Waals surface area contributed by atoms with Crippen molar-refractivity contribution < 1.29 is 9.90 Å². The molecule has 0 amide bonds. The van der Waals surface area contributed by atoms with E-state index in [2.05, 4.69) is 16.8 Å². The molecule has 1 N–H and O–H groups in total. The molecule has 158 valence electrons. The summed E-state index contributed by atoms with van der Waals surface area (Å²) >= 11 is 0. The lowest BCUT2D eigenvalue weighted by Crippen LogP contribution is -2.30. The molecule has 0 saturated heterocycles. The largest absolute Gasteiger partial charge is 0.481 e. The molecule has 1 aliphatic heterocycles. The van der Waals surface area contributed by atoms with E-state index < -0.39 is 5.97 Å². The first-order chi connectivity index (χ1) is 13.2. The first kappa shape index (κ1) is 24.0. The predicted molar refractivity (Wildman–Crippen MR) is 116 cm³/mol. The van der Waals surface area contributed by atoms with Gasteiger partial charge in [-0.1, -0.05) is 96.8 Å². The zero-order valence-corrected chi connectivity index (χ0v) is 17.9. The molecule has 0 aromatic carbocycles. The van der Waals surface area contributed by atoms with Crippen molar-refractivity contribution in [2.45, 2.75) is 116 Å². The molecule has 4 heteroatoms. The Balaban J connectivity index is 1.82. The number of carboxylic acid groups (broad SMARTS) is 1. The maximum Gasteiger partial charge on any atom is 0.305 e. The van der Waals surface area contributed by atoms with Crippen molar-refractivity contribution in [1.29, 1.82) is 0 Å². The van der Waals surface area contributed by atoms with Gasteiger partial charge in [-0.05, 0) is 6.42 Å². The third-order valence-corrected chi connectivity index (χ3v) is 5.63. The van der Waals surface area contributed by atoms with Crippen LogP contribution < -0.4 is 0 Å². The number of aliphatic imine (C=N–C) groups is 1. The van der Waals surface area contributed by atoms with Crippen molar-refractivity contribution in [2.24, 2.45) is 4.99 Å². The molecule has 1 aliphatic rings. The van der Waals surface area contributed by atoms with E-state index in [1.165, 1.54) is 96.3 Å². The summed E-state index contributed by atoms with van der Waals surface area (Å²) in [6.07, 6.45) is 22.0. The van der Waals surface area contributed by atoms with Gasteiger partial charge in [0.25, 0.3) is 0 Å². The van der Waals surface area contributed by atoms with Crippen LogP contribution in [0.4, 0.5) is 0 Å². The Morgan fingerprint density at radius 3 is 1.81 bits per heavy atom. The standard InChI is InChI=1S/C23H44N2O2/c1-2-3-4-5-6-7-8-9-10-11-12-13-14-15-16-17-22-24-19-21-25(22)20-18-23(26)27/h2-21H2,1H3,(H,26,27). The number of rotatable bonds is 19. The molecule has 0 radical (unpaired) electrons. The molecule has 0 aliphatic carbocycles. The number of amidine groups is 1. The molecule has 0 aromatic rings. The van der Waals surface area contributed by atoms with Crippen molar-refractivity contribution >= 4 is 11.8 Å². The lowest BCUT2D eigenvalue weighted by molar-refractivity contribution is -0.137. The van der Waals surface area contributed by atoms with E-state index in [0.29, 0.717) is 6.54 Å². The summed E-state index contributed by atoms with van der Waals surface area (Å²) in [5.74, 6) is 0.430. The summed E-state index contributed by atoms with van der Waals surface area (Å²) in [6, 6.07) is 0. The highest BCUT2D eigenvalue weighted by Crippen LogP contribution is 2.15. The SMILES string of the molecule is CCCCCCCCCCCCCCCCCC1=NCCN1CCC(=O)O. The van der Waals surface area contributed by atoms with Crippen LogP contribution in [-0.4, -0.2) is 41.4 Å². The smallest absolute Gasteiger partial charge is 0.305 e. The third kappa shape index (κ3) is 13.7. The fraction of sp³-hybridized carbons (Fsp3) is 0.913. The number of carbonyl (C=O) groups is 1. The van der Waals surface area contributed by atoms with Gasteiger partial charge < -0.3 is 10.0 Å². The average molecular weight is 381 g/mol. The van der Waals surface area contributed by atoms with Crippen LogP contribution in [0.3, 0.4) is 0 Å². The molecule has 1 heterocycles. The number of aliphatic carboxylic acids is 1. The first-order valence-corrected chi connectivity index (χ1v) is 11.7. The molecule has 27 heavy (non-hydrogen) atoms. The van der Waals surface area contributed by atoms with E-state index in [1.54, 1.807) is 0 Å². The summed E-state index contributed by atoms with van der Waals surface area (Å²) in [5, 5.41) is 8.81. The van der Waals surface area contributed by atoms with Crippen LogP contribution in [0, 0.1) is 0 Å². The van der Waals surface area contributed by atoms with Gasteiger partial charge in [0.1, 0.15) is 0 Å². The summed E-state index contributed by atoms with van der Waals surface area (Å²) in [5.41, 5.74) is 0. The van der Waals surface area contributed by atoms with E-state index in [9.17, 15) is 4.79 Å². The molecular formula is C23H44N2O2. The fourth-order valence-electron chi connectivity index (χ4n) is 3.89. The zero-order valence-electron chi connectivity index (χ0n) is 17.9. The minimum absolute atomic E-state index is 0.220. The van der Waals surface area contributed by atoms with Gasteiger partial charge in [-0.15, -0.1) is 0 Å². The zero-order chi connectivity index (χ0) is 19.6. The monoisotopic (exact) mass is 380 g/mol. The minimum atomic E-state index is -0.715. The van der Waals surface area contributed by atoms with Crippen molar-refractivity contribution in [3.8, 4) is 0 Å². The number of hydrogen-bond donors (Lipinski definition) is 1. The van der Waals surface area contributed by atoms with Gasteiger partial charge in [0, 0.05) is 19.5 Å². The van der Waals surface area contributed by atoms with E-state index in [4.69, 9.17) is 5.11 Å². The van der Waals surface area contributed by atoms with E-state index in [1.807, 2.05) is 0 Å². The van der Waals surface area contributed by atoms with Crippen molar-refractivity contribution in [3.05, 3.63) is 0 Å². The number of nitrogens with zero attached hydrogens (tertiary/aromatic N) is 2. The fourth-order valence-corrected chi connectivity index (χ4v) is 3.89. The van der Waals surface area contributed by atoms with E-state index in [0.717, 1.165) is 25.3 Å². The average Bonchev–Trinajstić information content (AvgIpc) is 3.10. The summed E-state index contributed by atoms with van der Waals surface area (Å²) in [7, 11) is 0. The number of unbranched alkanes of at least 4 members (excludes halogenated alkanes) is 14. The van der Waals surface area contributed by atoms with Gasteiger partial charge in [-0.2, -0.15) is 0 Å². The topological polar surface area (TPSA) is 52.9 Å². The maximum atomic E-state index is 10.7. The third-order valence-electron chi connectivity index (χ3n) is 5.63. The molecule has 0 saturated carbocycles. The molecule has 0 spiro atoms. The van der Waals surface area contributed by atoms with Gasteiger partial charge >= 0.3 is 5.97 Å². The Kier molecular flexibility index (Phi) is 15.2. The quantitative estimate of drug-likeness (QED) is 0.262. The Labute approximate surface area is 167 Å². The van der Waals surface area contributed by atoms with Crippen LogP contribution in [0.25, 0.3) is 0 Å². The molecule has 0 fully saturated rings. The molecular weight excluding hydrogens is 336 g/mol. The van der Waals surface area contributed by atoms with Crippen LogP contribution in [0.1, 0.15) is 116 Å². The minimum Gasteiger partial charge on any atom is -0.481 e. The summed E-state index contributed by atoms with van der Waals surface area (Å²) in [6.45, 7) is 4.64. The van der Waals surface area contributed by atoms with Crippen molar-refractivity contribution in [2.75, 3.05) is 19.6 Å². The number of hydrogen-bond acceptors (Lipinski definition) is 3. The van der Waals surface area contributed by atoms with Gasteiger partial charge in [0.05, 0.1) is 18.8 Å². The Morgan fingerprint density at radius 1 is 0.852 bits per heavy atom. The van der Waals surface area contributed by atoms with Crippen molar-refractivity contribution in [1.82, 2.24) is 4.90 Å². The van der Waals surface area contributed by atoms with Gasteiger partial charge in [0.2, 0.25) is 0 Å². The van der Waals surface area contributed by atoms with E-state index in [-0.39, 0.29) is 6.42 Å². The molecule has 1 rings (SSSR count). The second kappa shape index (κ2) is 17.1. The molecule has 4 nitrogen and oxygen atoms in total. The van der Waals surface area contributed by atoms with Crippen LogP contribution in [0.15, 0.2) is 4.99 Å². The highest BCUT2D eigenvalue weighted by Gasteiger charge is 2.16. The molecule has 0 bridgehead atoms. The highest BCUT2D eigenvalue weighted by molar-refractivity contribution is 5.84. The van der Waals surface area contributed by atoms with Crippen LogP contribution >= 0.6 is 0 Å². The lowest BCUT2D eigenvalue weighted by atomic mass is 10.0. The second-order valence-corrected chi connectivity index (χ2v) is 8.13. The van der Waals surface area contributed by atoms with Crippen molar-refractivity contribution in [3.63, 3.8) is 0 Å². The Hall–Kier alpha value is -1.06. The lowest BCUT2D eigenvalue weighted by Gasteiger charge is -2.19. The maximum absolute atomic E-state index is 10.7. The van der Waals surface area contributed by atoms with Gasteiger partial charge in [0.15, 0.2) is 0 Å². The predicted octanol–water partition coefficient (Wildman–Crippen LogP) is 6.44. The van der Waals surface area contributed by atoms with Crippen LogP contribution in [0.2, 0.25) is 0 Å². The molecule has 0 unspecified atom stereocenters. The van der Waals surface area contributed by atoms with E-state index >= 15 is 0 Å². The molecule has 0 aromatic heterocycles. The summed E-state index contributed by atoms with van der Waals surface area (Å²) < 4.78 is 0. The highest BCUT2D eigenvalue weighted by atomic mass is 16.4. The van der Waals surface area contributed by atoms with Crippen LogP contribution in [-0.2, 0) is 4.79 Å². The van der Waals surface area contributed by atoms with Crippen LogP contribution in [0.5, 0.6) is 0 Å². The first-order valence-electron chi connectivity index (χ1n) is 11.7. The summed E-state index contributed by atoms with van der Waals surface area (Å²) in [4.78, 5) is 17.4. The Bertz CT molecular complexity index is 396. The molecule has 0 atom stereocenters. The normalized spacial score (nSPS) is 14.0. The van der Waals surface area contributed by atoms with Gasteiger partial charge in [-0.3, -0.25) is 9.79 Å². The number of carboxylic acids is 1. The van der Waals surface area contributed by atoms with Gasteiger partial charge in [-0.25, -0.2) is 0 Å². The second-order valence-electron chi connectivity index (χ2n) is 8.13.